The summed E-state index contributed by atoms with van der Waals surface area (Å²) in [7, 11) is -3.60. The first kappa shape index (κ1) is 15.0. The molecular weight excluding hydrogens is 294 g/mol. The molecule has 2 aromatic rings. The van der Waals surface area contributed by atoms with Crippen molar-refractivity contribution in [2.24, 2.45) is 0 Å². The van der Waals surface area contributed by atoms with E-state index in [0.29, 0.717) is 16.8 Å². The maximum absolute atomic E-state index is 12.4. The van der Waals surface area contributed by atoms with Crippen molar-refractivity contribution in [1.29, 1.82) is 0 Å². The molecule has 5 nitrogen and oxygen atoms in total. The first-order valence-electron chi connectivity index (χ1n) is 6.07. The molecule has 0 atom stereocenters. The third-order valence-corrected chi connectivity index (χ3v) is 5.65. The molecule has 1 aromatic carbocycles. The summed E-state index contributed by atoms with van der Waals surface area (Å²) >= 11 is 1.43. The summed E-state index contributed by atoms with van der Waals surface area (Å²) in [6, 6.07) is 3.43. The number of thiazole rings is 1. The molecule has 0 radical (unpaired) electrons. The monoisotopic (exact) mass is 311 g/mol. The minimum atomic E-state index is -3.60. The van der Waals surface area contributed by atoms with E-state index in [-0.39, 0.29) is 11.4 Å². The van der Waals surface area contributed by atoms with Crippen molar-refractivity contribution < 1.29 is 8.42 Å². The Morgan fingerprint density at radius 1 is 1.30 bits per heavy atom. The van der Waals surface area contributed by atoms with Crippen LogP contribution in [0, 0.1) is 20.8 Å². The van der Waals surface area contributed by atoms with E-state index in [4.69, 9.17) is 5.73 Å². The second kappa shape index (κ2) is 5.51. The van der Waals surface area contributed by atoms with Gasteiger partial charge in [0.05, 0.1) is 11.4 Å². The van der Waals surface area contributed by atoms with Crippen LogP contribution in [0.1, 0.15) is 21.8 Å². The first-order valence-corrected chi connectivity index (χ1v) is 8.44. The number of benzene rings is 1. The molecule has 0 fully saturated rings. The molecule has 3 N–H and O–H groups in total. The highest BCUT2D eigenvalue weighted by Crippen LogP contribution is 2.24. The zero-order valence-corrected chi connectivity index (χ0v) is 13.2. The standard InChI is InChI=1S/C13H17N3O2S2/c1-8-4-5-11(14)10(3)13(8)20(17,18)15-6-12-16-9(2)7-19-12/h4-5,7,15H,6,14H2,1-3H3. The van der Waals surface area contributed by atoms with Crippen molar-refractivity contribution >= 4 is 27.0 Å². The quantitative estimate of drug-likeness (QED) is 0.847. The Labute approximate surface area is 122 Å². The van der Waals surface area contributed by atoms with E-state index in [1.807, 2.05) is 12.3 Å². The Bertz CT molecular complexity index is 736. The minimum absolute atomic E-state index is 0.189. The topological polar surface area (TPSA) is 85.1 Å². The maximum atomic E-state index is 12.4. The normalized spacial score (nSPS) is 11.8. The fourth-order valence-electron chi connectivity index (χ4n) is 1.97. The largest absolute Gasteiger partial charge is 0.398 e. The third kappa shape index (κ3) is 3.00. The number of sulfonamides is 1. The van der Waals surface area contributed by atoms with E-state index in [1.54, 1.807) is 26.0 Å². The van der Waals surface area contributed by atoms with Crippen LogP contribution in [0.3, 0.4) is 0 Å². The molecule has 108 valence electrons. The predicted octanol–water partition coefficient (Wildman–Crippen LogP) is 2.13. The molecule has 0 spiro atoms. The summed E-state index contributed by atoms with van der Waals surface area (Å²) in [5.41, 5.74) is 8.41. The molecule has 1 aromatic heterocycles. The molecule has 1 heterocycles. The fraction of sp³-hybridized carbons (Fsp3) is 0.308. The zero-order valence-electron chi connectivity index (χ0n) is 11.6. The lowest BCUT2D eigenvalue weighted by atomic mass is 10.1. The Morgan fingerprint density at radius 3 is 2.60 bits per heavy atom. The number of nitrogens with one attached hydrogen (secondary N) is 1. The summed E-state index contributed by atoms with van der Waals surface area (Å²) in [4.78, 5) is 4.49. The molecule has 0 saturated heterocycles. The number of hydrogen-bond acceptors (Lipinski definition) is 5. The highest BCUT2D eigenvalue weighted by molar-refractivity contribution is 7.89. The van der Waals surface area contributed by atoms with Crippen LogP contribution in [0.2, 0.25) is 0 Å². The van der Waals surface area contributed by atoms with Gasteiger partial charge in [0, 0.05) is 16.8 Å². The van der Waals surface area contributed by atoms with Crippen molar-refractivity contribution in [1.82, 2.24) is 9.71 Å². The van der Waals surface area contributed by atoms with Crippen LogP contribution in [0.4, 0.5) is 5.69 Å². The van der Waals surface area contributed by atoms with Gasteiger partial charge in [-0.1, -0.05) is 6.07 Å². The Kier molecular flexibility index (Phi) is 4.12. The van der Waals surface area contributed by atoms with Gasteiger partial charge in [-0.15, -0.1) is 11.3 Å². The van der Waals surface area contributed by atoms with E-state index >= 15 is 0 Å². The second-order valence-corrected chi connectivity index (χ2v) is 7.28. The van der Waals surface area contributed by atoms with Gasteiger partial charge in [0.2, 0.25) is 10.0 Å². The van der Waals surface area contributed by atoms with Crippen molar-refractivity contribution in [2.75, 3.05) is 5.73 Å². The lowest BCUT2D eigenvalue weighted by Gasteiger charge is -2.13. The van der Waals surface area contributed by atoms with Crippen LogP contribution < -0.4 is 10.5 Å². The summed E-state index contributed by atoms with van der Waals surface area (Å²) in [6.07, 6.45) is 0. The SMILES string of the molecule is Cc1csc(CNS(=O)(=O)c2c(C)ccc(N)c2C)n1. The second-order valence-electron chi connectivity index (χ2n) is 4.63. The van der Waals surface area contributed by atoms with Crippen molar-refractivity contribution in [3.05, 3.63) is 39.3 Å². The van der Waals surface area contributed by atoms with Crippen LogP contribution in [0.5, 0.6) is 0 Å². The molecule has 0 amide bonds. The Hall–Kier alpha value is -1.44. The van der Waals surface area contributed by atoms with Crippen molar-refractivity contribution in [3.8, 4) is 0 Å². The summed E-state index contributed by atoms with van der Waals surface area (Å²) in [6.45, 7) is 5.54. The Morgan fingerprint density at radius 2 is 2.00 bits per heavy atom. The van der Waals surface area contributed by atoms with Gasteiger partial charge in [-0.2, -0.15) is 0 Å². The van der Waals surface area contributed by atoms with Crippen LogP contribution in [-0.4, -0.2) is 13.4 Å². The molecule has 0 aliphatic rings. The molecule has 0 unspecified atom stereocenters. The number of rotatable bonds is 4. The van der Waals surface area contributed by atoms with E-state index in [2.05, 4.69) is 9.71 Å². The van der Waals surface area contributed by atoms with Crippen molar-refractivity contribution in [2.45, 2.75) is 32.2 Å². The summed E-state index contributed by atoms with van der Waals surface area (Å²) in [5.74, 6) is 0. The maximum Gasteiger partial charge on any atom is 0.241 e. The van der Waals surface area contributed by atoms with Gasteiger partial charge in [-0.3, -0.25) is 0 Å². The fourth-order valence-corrected chi connectivity index (χ4v) is 4.26. The highest BCUT2D eigenvalue weighted by Gasteiger charge is 2.20. The van der Waals surface area contributed by atoms with Gasteiger partial charge in [0.1, 0.15) is 5.01 Å². The lowest BCUT2D eigenvalue weighted by molar-refractivity contribution is 0.580. The molecule has 0 aliphatic heterocycles. The molecular formula is C13H17N3O2S2. The van der Waals surface area contributed by atoms with Gasteiger partial charge in [0.25, 0.3) is 0 Å². The number of nitrogens with two attached hydrogens (primary N) is 1. The van der Waals surface area contributed by atoms with Gasteiger partial charge in [-0.25, -0.2) is 18.1 Å². The minimum Gasteiger partial charge on any atom is -0.398 e. The van der Waals surface area contributed by atoms with Crippen molar-refractivity contribution in [3.63, 3.8) is 0 Å². The molecule has 20 heavy (non-hydrogen) atoms. The smallest absolute Gasteiger partial charge is 0.241 e. The average molecular weight is 311 g/mol. The number of nitrogens with zero attached hydrogens (tertiary/aromatic N) is 1. The van der Waals surface area contributed by atoms with E-state index < -0.39 is 10.0 Å². The van der Waals surface area contributed by atoms with E-state index in [9.17, 15) is 8.42 Å². The number of hydrogen-bond donors (Lipinski definition) is 2. The van der Waals surface area contributed by atoms with Gasteiger partial charge in [0.15, 0.2) is 0 Å². The predicted molar refractivity (Wildman–Crippen MR) is 81.2 cm³/mol. The molecule has 7 heteroatoms. The van der Waals surface area contributed by atoms with E-state index in [1.165, 1.54) is 11.3 Å². The number of anilines is 1. The first-order chi connectivity index (χ1) is 9.31. The average Bonchev–Trinajstić information content (AvgIpc) is 2.78. The van der Waals surface area contributed by atoms with Crippen LogP contribution >= 0.6 is 11.3 Å². The summed E-state index contributed by atoms with van der Waals surface area (Å²) in [5, 5.41) is 2.63. The molecule has 0 aliphatic carbocycles. The Balaban J connectivity index is 2.29. The van der Waals surface area contributed by atoms with Gasteiger partial charge < -0.3 is 5.73 Å². The van der Waals surface area contributed by atoms with Crippen LogP contribution in [0.25, 0.3) is 0 Å². The highest BCUT2D eigenvalue weighted by atomic mass is 32.2. The van der Waals surface area contributed by atoms with Gasteiger partial charge in [-0.05, 0) is 38.0 Å². The number of aromatic nitrogens is 1. The summed E-state index contributed by atoms with van der Waals surface area (Å²) < 4.78 is 27.4. The molecule has 0 bridgehead atoms. The molecule has 2 rings (SSSR count). The van der Waals surface area contributed by atoms with E-state index in [0.717, 1.165) is 10.7 Å². The van der Waals surface area contributed by atoms with Crippen LogP contribution in [-0.2, 0) is 16.6 Å². The van der Waals surface area contributed by atoms with Gasteiger partial charge >= 0.3 is 0 Å². The number of aryl methyl sites for hydroxylation is 2. The number of nitrogen functional groups attached to an aromatic ring is 1. The zero-order chi connectivity index (χ0) is 14.9. The third-order valence-electron chi connectivity index (χ3n) is 2.99. The van der Waals surface area contributed by atoms with Crippen LogP contribution in [0.15, 0.2) is 22.4 Å². The molecule has 0 saturated carbocycles. The lowest BCUT2D eigenvalue weighted by Crippen LogP contribution is -2.25.